The molecular weight excluding hydrogens is 294 g/mol. The highest BCUT2D eigenvalue weighted by Crippen LogP contribution is 2.46. The van der Waals surface area contributed by atoms with Crippen molar-refractivity contribution in [1.29, 1.82) is 0 Å². The second-order valence-electron chi connectivity index (χ2n) is 5.15. The molecule has 0 spiro atoms. The molecule has 1 heterocycles. The van der Waals surface area contributed by atoms with Gasteiger partial charge in [0.1, 0.15) is 11.9 Å². The van der Waals surface area contributed by atoms with Gasteiger partial charge in [0.2, 0.25) is 0 Å². The molecule has 1 unspecified atom stereocenters. The van der Waals surface area contributed by atoms with Crippen LogP contribution < -0.4 is 5.73 Å². The largest absolute Gasteiger partial charge is 0.383 e. The zero-order valence-corrected chi connectivity index (χ0v) is 12.1. The Kier molecular flexibility index (Phi) is 3.28. The first-order valence-corrected chi connectivity index (χ1v) is 7.44. The Labute approximate surface area is 115 Å². The summed E-state index contributed by atoms with van der Waals surface area (Å²) in [6.45, 7) is 2.71. The van der Waals surface area contributed by atoms with Gasteiger partial charge >= 0.3 is 0 Å². The molecule has 2 fully saturated rings. The van der Waals surface area contributed by atoms with Crippen LogP contribution >= 0.6 is 15.9 Å². The zero-order chi connectivity index (χ0) is 12.7. The molecule has 2 aliphatic carbocycles. The summed E-state index contributed by atoms with van der Waals surface area (Å²) < 4.78 is 6.68. The Morgan fingerprint density at radius 3 is 2.61 bits per heavy atom. The van der Waals surface area contributed by atoms with Gasteiger partial charge in [-0.3, -0.25) is 0 Å². The summed E-state index contributed by atoms with van der Waals surface area (Å²) >= 11 is 3.50. The monoisotopic (exact) mass is 311 g/mol. The first kappa shape index (κ1) is 12.4. The number of nitrogen functional groups attached to an aromatic ring is 1. The van der Waals surface area contributed by atoms with Gasteiger partial charge in [0.05, 0.1) is 10.2 Å². The molecule has 0 aliphatic heterocycles. The van der Waals surface area contributed by atoms with Crippen molar-refractivity contribution < 1.29 is 4.74 Å². The number of halogens is 1. The van der Waals surface area contributed by atoms with Crippen LogP contribution in [-0.2, 0) is 4.74 Å². The molecule has 3 rings (SSSR count). The van der Waals surface area contributed by atoms with Crippen LogP contribution in [0.15, 0.2) is 4.47 Å². The average Bonchev–Trinajstić information content (AvgIpc) is 3.21. The lowest BCUT2D eigenvalue weighted by atomic mass is 10.2. The molecule has 1 aromatic rings. The van der Waals surface area contributed by atoms with Crippen LogP contribution in [0.2, 0.25) is 0 Å². The van der Waals surface area contributed by atoms with Crippen LogP contribution in [-0.4, -0.2) is 16.6 Å². The average molecular weight is 312 g/mol. The highest BCUT2D eigenvalue weighted by molar-refractivity contribution is 9.10. The molecule has 0 saturated heterocycles. The Morgan fingerprint density at radius 1 is 1.33 bits per heavy atom. The number of nitrogens with zero attached hydrogens (tertiary/aromatic N) is 2. The Bertz CT molecular complexity index is 458. The maximum Gasteiger partial charge on any atom is 0.160 e. The van der Waals surface area contributed by atoms with Gasteiger partial charge in [0.25, 0.3) is 0 Å². The molecule has 0 amide bonds. The van der Waals surface area contributed by atoms with E-state index in [4.69, 9.17) is 15.5 Å². The molecule has 0 radical (unpaired) electrons. The lowest BCUT2D eigenvalue weighted by molar-refractivity contribution is 0.0399. The Hall–Kier alpha value is -0.680. The van der Waals surface area contributed by atoms with Crippen molar-refractivity contribution in [1.82, 2.24) is 9.97 Å². The second kappa shape index (κ2) is 4.78. The SMILES string of the molecule is CCOC(c1nc(N)c(Br)c(C2CC2)n1)C1CC1. The lowest BCUT2D eigenvalue weighted by Gasteiger charge is -2.17. The quantitative estimate of drug-likeness (QED) is 0.907. The standard InChI is InChI=1S/C13H18BrN3O/c1-2-18-11(8-5-6-8)13-16-10(7-3-4-7)9(14)12(15)17-13/h7-8,11H,2-6H2,1H3,(H2,15,16,17). The smallest absolute Gasteiger partial charge is 0.160 e. The normalized spacial score (nSPS) is 21.0. The number of nitrogens with two attached hydrogens (primary N) is 1. The van der Waals surface area contributed by atoms with Gasteiger partial charge in [-0.15, -0.1) is 0 Å². The first-order valence-electron chi connectivity index (χ1n) is 6.65. The molecular formula is C13H18BrN3O. The highest BCUT2D eigenvalue weighted by atomic mass is 79.9. The number of aromatic nitrogens is 2. The maximum atomic E-state index is 5.99. The number of hydrogen-bond donors (Lipinski definition) is 1. The van der Waals surface area contributed by atoms with E-state index < -0.39 is 0 Å². The van der Waals surface area contributed by atoms with E-state index in [9.17, 15) is 0 Å². The summed E-state index contributed by atoms with van der Waals surface area (Å²) in [7, 11) is 0. The third kappa shape index (κ3) is 2.38. The van der Waals surface area contributed by atoms with E-state index in [1.54, 1.807) is 0 Å². The van der Waals surface area contributed by atoms with Crippen LogP contribution in [0.4, 0.5) is 5.82 Å². The van der Waals surface area contributed by atoms with Gasteiger partial charge in [0.15, 0.2) is 5.82 Å². The molecule has 0 aromatic carbocycles. The minimum absolute atomic E-state index is 0.0305. The van der Waals surface area contributed by atoms with Crippen molar-refractivity contribution in [2.24, 2.45) is 5.92 Å². The van der Waals surface area contributed by atoms with Crippen molar-refractivity contribution in [3.63, 3.8) is 0 Å². The fourth-order valence-electron chi connectivity index (χ4n) is 2.26. The van der Waals surface area contributed by atoms with Gasteiger partial charge in [-0.25, -0.2) is 9.97 Å². The zero-order valence-electron chi connectivity index (χ0n) is 10.5. The lowest BCUT2D eigenvalue weighted by Crippen LogP contribution is -2.14. The topological polar surface area (TPSA) is 61.0 Å². The van der Waals surface area contributed by atoms with Crippen LogP contribution in [0.3, 0.4) is 0 Å². The van der Waals surface area contributed by atoms with E-state index >= 15 is 0 Å². The molecule has 4 nitrogen and oxygen atoms in total. The molecule has 98 valence electrons. The van der Waals surface area contributed by atoms with E-state index in [2.05, 4.69) is 20.9 Å². The third-order valence-corrected chi connectivity index (χ3v) is 4.35. The second-order valence-corrected chi connectivity index (χ2v) is 5.95. The molecule has 5 heteroatoms. The molecule has 2 N–H and O–H groups in total. The molecule has 1 aromatic heterocycles. The first-order chi connectivity index (χ1) is 8.70. The van der Waals surface area contributed by atoms with E-state index in [0.717, 1.165) is 16.0 Å². The molecule has 2 aliphatic rings. The van der Waals surface area contributed by atoms with Crippen LogP contribution in [0, 0.1) is 5.92 Å². The van der Waals surface area contributed by atoms with Crippen LogP contribution in [0.5, 0.6) is 0 Å². The minimum atomic E-state index is 0.0305. The third-order valence-electron chi connectivity index (χ3n) is 3.53. The van der Waals surface area contributed by atoms with Crippen LogP contribution in [0.25, 0.3) is 0 Å². The van der Waals surface area contributed by atoms with E-state index in [1.807, 2.05) is 6.92 Å². The number of rotatable bonds is 5. The summed E-state index contributed by atoms with van der Waals surface area (Å²) in [6.07, 6.45) is 4.86. The molecule has 0 bridgehead atoms. The van der Waals surface area contributed by atoms with Crippen molar-refractivity contribution in [3.05, 3.63) is 16.0 Å². The predicted molar refractivity (Wildman–Crippen MR) is 73.2 cm³/mol. The van der Waals surface area contributed by atoms with Gasteiger partial charge in [-0.1, -0.05) is 0 Å². The van der Waals surface area contributed by atoms with Gasteiger partial charge in [-0.05, 0) is 54.5 Å². The summed E-state index contributed by atoms with van der Waals surface area (Å²) in [4.78, 5) is 9.13. The predicted octanol–water partition coefficient (Wildman–Crippen LogP) is 3.19. The Balaban J connectivity index is 1.94. The van der Waals surface area contributed by atoms with E-state index in [-0.39, 0.29) is 6.10 Å². The van der Waals surface area contributed by atoms with Crippen molar-refractivity contribution in [2.75, 3.05) is 12.3 Å². The molecule has 2 saturated carbocycles. The summed E-state index contributed by atoms with van der Waals surface area (Å²) in [5.74, 6) is 2.47. The highest BCUT2D eigenvalue weighted by Gasteiger charge is 2.37. The van der Waals surface area contributed by atoms with E-state index in [0.29, 0.717) is 24.3 Å². The van der Waals surface area contributed by atoms with Crippen LogP contribution in [0.1, 0.15) is 56.1 Å². The molecule has 18 heavy (non-hydrogen) atoms. The van der Waals surface area contributed by atoms with Gasteiger partial charge < -0.3 is 10.5 Å². The summed E-state index contributed by atoms with van der Waals surface area (Å²) in [5.41, 5.74) is 7.06. The molecule has 1 atom stereocenters. The number of anilines is 1. The van der Waals surface area contributed by atoms with Crippen molar-refractivity contribution in [3.8, 4) is 0 Å². The number of ether oxygens (including phenoxy) is 1. The Morgan fingerprint density at radius 2 is 2.06 bits per heavy atom. The maximum absolute atomic E-state index is 5.99. The summed E-state index contributed by atoms with van der Waals surface area (Å²) in [6, 6.07) is 0. The van der Waals surface area contributed by atoms with Gasteiger partial charge in [0, 0.05) is 12.5 Å². The minimum Gasteiger partial charge on any atom is -0.383 e. The van der Waals surface area contributed by atoms with E-state index in [1.165, 1.54) is 25.7 Å². The van der Waals surface area contributed by atoms with Crippen molar-refractivity contribution in [2.45, 2.75) is 44.6 Å². The van der Waals surface area contributed by atoms with Crippen molar-refractivity contribution >= 4 is 21.7 Å². The fourth-order valence-corrected chi connectivity index (χ4v) is 2.76. The van der Waals surface area contributed by atoms with Gasteiger partial charge in [-0.2, -0.15) is 0 Å². The fraction of sp³-hybridized carbons (Fsp3) is 0.692. The number of hydrogen-bond acceptors (Lipinski definition) is 4. The summed E-state index contributed by atoms with van der Waals surface area (Å²) in [5, 5.41) is 0.